The van der Waals surface area contributed by atoms with E-state index in [0.29, 0.717) is 11.3 Å². The van der Waals surface area contributed by atoms with E-state index in [1.807, 2.05) is 6.07 Å². The predicted molar refractivity (Wildman–Crippen MR) is 49.8 cm³/mol. The monoisotopic (exact) mass is 212 g/mol. The van der Waals surface area contributed by atoms with Gasteiger partial charge in [0.25, 0.3) is 6.43 Å². The summed E-state index contributed by atoms with van der Waals surface area (Å²) in [5.74, 6) is 0.0686. The lowest BCUT2D eigenvalue weighted by molar-refractivity contribution is 0.146. The number of aryl methyl sites for hydroxylation is 1. The first-order valence-corrected chi connectivity index (χ1v) is 4.29. The number of ether oxygens (including phenoxy) is 1. The average Bonchev–Trinajstić information content (AvgIpc) is 2.20. The van der Waals surface area contributed by atoms with Crippen molar-refractivity contribution < 1.29 is 13.5 Å². The summed E-state index contributed by atoms with van der Waals surface area (Å²) >= 11 is 0. The van der Waals surface area contributed by atoms with E-state index < -0.39 is 6.43 Å². The van der Waals surface area contributed by atoms with Crippen molar-refractivity contribution in [2.45, 2.75) is 19.8 Å². The first-order valence-electron chi connectivity index (χ1n) is 4.29. The van der Waals surface area contributed by atoms with Gasteiger partial charge in [-0.2, -0.15) is 5.26 Å². The number of rotatable bonds is 3. The largest absolute Gasteiger partial charge is 0.496 e. The fraction of sp³-hybridized carbons (Fsp3) is 0.400. The van der Waals surface area contributed by atoms with Gasteiger partial charge in [-0.15, -0.1) is 0 Å². The van der Waals surface area contributed by atoms with Crippen LogP contribution in [0.2, 0.25) is 0 Å². The van der Waals surface area contributed by atoms with Crippen molar-refractivity contribution in [3.05, 3.63) is 23.0 Å². The smallest absolute Gasteiger partial charge is 0.268 e. The molecule has 1 heterocycles. The van der Waals surface area contributed by atoms with Crippen molar-refractivity contribution in [3.8, 4) is 11.8 Å². The lowest BCUT2D eigenvalue weighted by Crippen LogP contribution is -2.02. The number of nitriles is 1. The van der Waals surface area contributed by atoms with E-state index in [1.165, 1.54) is 7.11 Å². The lowest BCUT2D eigenvalue weighted by atomic mass is 10.1. The molecule has 5 heteroatoms. The molecular formula is C10H10F2N2O. The third kappa shape index (κ3) is 2.21. The summed E-state index contributed by atoms with van der Waals surface area (Å²) in [6.45, 7) is 1.66. The van der Waals surface area contributed by atoms with Crippen LogP contribution in [0.5, 0.6) is 5.75 Å². The van der Waals surface area contributed by atoms with Crippen molar-refractivity contribution in [3.63, 3.8) is 0 Å². The second-order valence-corrected chi connectivity index (χ2v) is 2.95. The number of pyridine rings is 1. The zero-order valence-electron chi connectivity index (χ0n) is 8.42. The van der Waals surface area contributed by atoms with Crippen molar-refractivity contribution >= 4 is 0 Å². The first kappa shape index (κ1) is 11.4. The van der Waals surface area contributed by atoms with Gasteiger partial charge in [-0.25, -0.2) is 8.78 Å². The molecule has 0 unspecified atom stereocenters. The van der Waals surface area contributed by atoms with Crippen molar-refractivity contribution in [1.82, 2.24) is 4.98 Å². The van der Waals surface area contributed by atoms with E-state index in [1.54, 1.807) is 6.92 Å². The van der Waals surface area contributed by atoms with Gasteiger partial charge in [0.2, 0.25) is 0 Å². The molecule has 0 aliphatic carbocycles. The molecular weight excluding hydrogens is 202 g/mol. The quantitative estimate of drug-likeness (QED) is 0.772. The number of aromatic nitrogens is 1. The highest BCUT2D eigenvalue weighted by Crippen LogP contribution is 2.32. The maximum absolute atomic E-state index is 12.6. The molecule has 0 aliphatic heterocycles. The van der Waals surface area contributed by atoms with E-state index in [4.69, 9.17) is 10.00 Å². The number of nitrogens with zero attached hydrogens (tertiary/aromatic N) is 2. The van der Waals surface area contributed by atoms with Crippen LogP contribution < -0.4 is 4.74 Å². The summed E-state index contributed by atoms with van der Waals surface area (Å²) in [4.78, 5) is 3.82. The Labute approximate surface area is 86.3 Å². The second kappa shape index (κ2) is 4.69. The molecule has 0 aromatic carbocycles. The molecule has 0 saturated heterocycles. The maximum Gasteiger partial charge on any atom is 0.268 e. The summed E-state index contributed by atoms with van der Waals surface area (Å²) in [5.41, 5.74) is 0.698. The molecule has 0 bridgehead atoms. The molecule has 0 fully saturated rings. The summed E-state index contributed by atoms with van der Waals surface area (Å²) in [5, 5.41) is 8.57. The molecule has 0 amide bonds. The first-order chi connectivity index (χ1) is 7.11. The van der Waals surface area contributed by atoms with Crippen LogP contribution in [-0.4, -0.2) is 12.1 Å². The SMILES string of the molecule is COc1c(C(F)F)cnc(C)c1CC#N. The van der Waals surface area contributed by atoms with Gasteiger partial charge in [0.15, 0.2) is 0 Å². The Hall–Kier alpha value is -1.70. The Morgan fingerprint density at radius 3 is 2.73 bits per heavy atom. The van der Waals surface area contributed by atoms with E-state index >= 15 is 0 Å². The van der Waals surface area contributed by atoms with E-state index in [0.717, 1.165) is 6.20 Å². The molecule has 80 valence electrons. The third-order valence-electron chi connectivity index (χ3n) is 2.07. The Morgan fingerprint density at radius 2 is 2.27 bits per heavy atom. The van der Waals surface area contributed by atoms with Crippen molar-refractivity contribution in [2.75, 3.05) is 7.11 Å². The number of hydrogen-bond donors (Lipinski definition) is 0. The van der Waals surface area contributed by atoms with Crippen LogP contribution in [0.4, 0.5) is 8.78 Å². The van der Waals surface area contributed by atoms with Crippen LogP contribution in [0.1, 0.15) is 23.2 Å². The number of alkyl halides is 2. The average molecular weight is 212 g/mol. The highest BCUT2D eigenvalue weighted by molar-refractivity contribution is 5.44. The molecule has 0 atom stereocenters. The molecule has 0 N–H and O–H groups in total. The zero-order valence-corrected chi connectivity index (χ0v) is 8.42. The predicted octanol–water partition coefficient (Wildman–Crippen LogP) is 2.40. The van der Waals surface area contributed by atoms with E-state index in [2.05, 4.69) is 4.98 Å². The van der Waals surface area contributed by atoms with E-state index in [-0.39, 0.29) is 17.7 Å². The summed E-state index contributed by atoms with van der Waals surface area (Å²) in [6, 6.07) is 1.90. The summed E-state index contributed by atoms with van der Waals surface area (Å²) in [7, 11) is 1.31. The molecule has 3 nitrogen and oxygen atoms in total. The molecule has 1 aromatic rings. The van der Waals surface area contributed by atoms with Crippen LogP contribution >= 0.6 is 0 Å². The van der Waals surface area contributed by atoms with E-state index in [9.17, 15) is 8.78 Å². The Bertz CT molecular complexity index is 399. The molecule has 1 aromatic heterocycles. The van der Waals surface area contributed by atoms with Crippen molar-refractivity contribution in [2.24, 2.45) is 0 Å². The maximum atomic E-state index is 12.6. The van der Waals surface area contributed by atoms with Crippen LogP contribution in [-0.2, 0) is 6.42 Å². The number of methoxy groups -OCH3 is 1. The van der Waals surface area contributed by atoms with Gasteiger partial charge in [-0.05, 0) is 6.92 Å². The third-order valence-corrected chi connectivity index (χ3v) is 2.07. The van der Waals surface area contributed by atoms with Gasteiger partial charge in [-0.3, -0.25) is 4.98 Å². The Morgan fingerprint density at radius 1 is 1.60 bits per heavy atom. The second-order valence-electron chi connectivity index (χ2n) is 2.95. The minimum Gasteiger partial charge on any atom is -0.496 e. The lowest BCUT2D eigenvalue weighted by Gasteiger charge is -2.12. The summed E-state index contributed by atoms with van der Waals surface area (Å²) in [6.07, 6.45) is -1.55. The number of hydrogen-bond acceptors (Lipinski definition) is 3. The van der Waals surface area contributed by atoms with Gasteiger partial charge >= 0.3 is 0 Å². The summed E-state index contributed by atoms with van der Waals surface area (Å²) < 4.78 is 30.0. The van der Waals surface area contributed by atoms with Gasteiger partial charge < -0.3 is 4.74 Å². The normalized spacial score (nSPS) is 10.1. The van der Waals surface area contributed by atoms with Gasteiger partial charge in [0, 0.05) is 17.5 Å². The van der Waals surface area contributed by atoms with Gasteiger partial charge in [0.05, 0.1) is 25.2 Å². The molecule has 0 saturated carbocycles. The Kier molecular flexibility index (Phi) is 3.56. The fourth-order valence-electron chi connectivity index (χ4n) is 1.33. The highest BCUT2D eigenvalue weighted by atomic mass is 19.3. The minimum absolute atomic E-state index is 0.0164. The Balaban J connectivity index is 3.34. The highest BCUT2D eigenvalue weighted by Gasteiger charge is 2.19. The number of halogens is 2. The van der Waals surface area contributed by atoms with Crippen LogP contribution in [0, 0.1) is 18.3 Å². The zero-order chi connectivity index (χ0) is 11.4. The van der Waals surface area contributed by atoms with Crippen molar-refractivity contribution in [1.29, 1.82) is 5.26 Å². The van der Waals surface area contributed by atoms with Crippen LogP contribution in [0.25, 0.3) is 0 Å². The fourth-order valence-corrected chi connectivity index (χ4v) is 1.33. The minimum atomic E-state index is -2.65. The standard InChI is InChI=1S/C10H10F2N2O/c1-6-7(3-4-13)9(15-2)8(5-14-6)10(11)12/h5,10H,3H2,1-2H3. The molecule has 0 spiro atoms. The van der Waals surface area contributed by atoms with Gasteiger partial charge in [-0.1, -0.05) is 0 Å². The molecule has 1 rings (SSSR count). The molecule has 15 heavy (non-hydrogen) atoms. The van der Waals surface area contributed by atoms with Gasteiger partial charge in [0.1, 0.15) is 5.75 Å². The molecule has 0 aliphatic rings. The molecule has 0 radical (unpaired) electrons. The topological polar surface area (TPSA) is 45.9 Å². The van der Waals surface area contributed by atoms with Crippen LogP contribution in [0.3, 0.4) is 0 Å². The van der Waals surface area contributed by atoms with Crippen LogP contribution in [0.15, 0.2) is 6.20 Å².